The van der Waals surface area contributed by atoms with E-state index < -0.39 is 0 Å². The number of para-hydroxylation sites is 4. The molecule has 1 heterocycles. The van der Waals surface area contributed by atoms with E-state index in [2.05, 4.69) is 174 Å². The summed E-state index contributed by atoms with van der Waals surface area (Å²) >= 11 is 0. The predicted octanol–water partition coefficient (Wildman–Crippen LogP) is 13.0. The van der Waals surface area contributed by atoms with E-state index in [-0.39, 0.29) is 5.41 Å². The molecule has 0 amide bonds. The lowest BCUT2D eigenvalue weighted by Gasteiger charge is -2.37. The summed E-state index contributed by atoms with van der Waals surface area (Å²) in [5.41, 5.74) is 16.0. The first-order valence-electron chi connectivity index (χ1n) is 18.1. The van der Waals surface area contributed by atoms with Gasteiger partial charge in [-0.2, -0.15) is 0 Å². The molecule has 0 saturated carbocycles. The van der Waals surface area contributed by atoms with Gasteiger partial charge in [0.2, 0.25) is 0 Å². The number of fused-ring (bicyclic) bond motifs is 7. The molecular formula is C48H38N2O. The first-order chi connectivity index (χ1) is 25.2. The van der Waals surface area contributed by atoms with Crippen LogP contribution in [0.4, 0.5) is 34.1 Å². The molecule has 7 aromatic carbocycles. The molecule has 8 aromatic rings. The molecule has 246 valence electrons. The van der Waals surface area contributed by atoms with Crippen LogP contribution in [-0.4, -0.2) is 0 Å². The maximum absolute atomic E-state index is 6.35. The summed E-state index contributed by atoms with van der Waals surface area (Å²) < 4.78 is 6.35. The number of hydrogen-bond acceptors (Lipinski definition) is 3. The van der Waals surface area contributed by atoms with Crippen LogP contribution in [0, 0.1) is 6.92 Å². The molecule has 3 nitrogen and oxygen atoms in total. The molecule has 51 heavy (non-hydrogen) atoms. The standard InChI is InChI=1S/C48H38N2O/c1-33-40(27-28-44-45(33)39-23-11-12-26-43(39)51-44)50(38-21-9-4-10-22-38)42-25-14-16-35-30-32-48(47(35)42)31-29-34-15-13-24-41(46(34)48)49(36-17-5-2-6-18-36)37-19-7-3-8-20-37/h2-28H,29-32H2,1H3/t48-/m1/s1. The van der Waals surface area contributed by atoms with Crippen LogP contribution in [0.15, 0.2) is 168 Å². The normalized spacial score (nSPS) is 16.1. The van der Waals surface area contributed by atoms with Gasteiger partial charge in [-0.3, -0.25) is 0 Å². The molecule has 0 fully saturated rings. The highest BCUT2D eigenvalue weighted by Crippen LogP contribution is 2.60. The monoisotopic (exact) mass is 658 g/mol. The number of anilines is 6. The Morgan fingerprint density at radius 3 is 1.55 bits per heavy atom. The smallest absolute Gasteiger partial charge is 0.135 e. The molecule has 2 aliphatic rings. The molecule has 3 heteroatoms. The van der Waals surface area contributed by atoms with Crippen LogP contribution in [0.2, 0.25) is 0 Å². The van der Waals surface area contributed by atoms with Crippen LogP contribution in [0.5, 0.6) is 0 Å². The van der Waals surface area contributed by atoms with Gasteiger partial charge in [0.05, 0.1) is 11.4 Å². The first-order valence-corrected chi connectivity index (χ1v) is 18.1. The van der Waals surface area contributed by atoms with Crippen LogP contribution in [-0.2, 0) is 18.3 Å². The molecule has 1 spiro atoms. The van der Waals surface area contributed by atoms with Gasteiger partial charge in [-0.05, 0) is 127 Å². The summed E-state index contributed by atoms with van der Waals surface area (Å²) in [4.78, 5) is 5.00. The van der Waals surface area contributed by atoms with Gasteiger partial charge in [-0.1, -0.05) is 97.1 Å². The minimum Gasteiger partial charge on any atom is -0.456 e. The van der Waals surface area contributed by atoms with Gasteiger partial charge in [0.1, 0.15) is 11.2 Å². The van der Waals surface area contributed by atoms with E-state index in [4.69, 9.17) is 4.42 Å². The van der Waals surface area contributed by atoms with Crippen molar-refractivity contribution in [3.8, 4) is 0 Å². The van der Waals surface area contributed by atoms with Gasteiger partial charge in [0.25, 0.3) is 0 Å². The molecule has 1 atom stereocenters. The van der Waals surface area contributed by atoms with Gasteiger partial charge >= 0.3 is 0 Å². The van der Waals surface area contributed by atoms with E-state index in [0.717, 1.165) is 47.9 Å². The highest BCUT2D eigenvalue weighted by atomic mass is 16.3. The number of aryl methyl sites for hydroxylation is 3. The Balaban J connectivity index is 1.22. The van der Waals surface area contributed by atoms with Crippen molar-refractivity contribution >= 4 is 56.1 Å². The van der Waals surface area contributed by atoms with E-state index >= 15 is 0 Å². The molecule has 0 unspecified atom stereocenters. The minimum atomic E-state index is -0.132. The number of furan rings is 1. The first kappa shape index (κ1) is 29.8. The minimum absolute atomic E-state index is 0.132. The molecule has 0 radical (unpaired) electrons. The highest BCUT2D eigenvalue weighted by molar-refractivity contribution is 6.09. The average molecular weight is 659 g/mol. The van der Waals surface area contributed by atoms with Crippen LogP contribution in [0.1, 0.15) is 40.7 Å². The second kappa shape index (κ2) is 11.8. The van der Waals surface area contributed by atoms with Crippen LogP contribution in [0.3, 0.4) is 0 Å². The maximum Gasteiger partial charge on any atom is 0.135 e. The zero-order chi connectivity index (χ0) is 33.9. The topological polar surface area (TPSA) is 19.6 Å². The maximum atomic E-state index is 6.35. The van der Waals surface area contributed by atoms with Gasteiger partial charge in [0.15, 0.2) is 0 Å². The van der Waals surface area contributed by atoms with Crippen molar-refractivity contribution in [1.29, 1.82) is 0 Å². The third kappa shape index (κ3) is 4.58. The Hall–Kier alpha value is -6.06. The van der Waals surface area contributed by atoms with Gasteiger partial charge in [0, 0.05) is 38.9 Å². The van der Waals surface area contributed by atoms with Crippen molar-refractivity contribution in [3.63, 3.8) is 0 Å². The zero-order valence-electron chi connectivity index (χ0n) is 28.7. The van der Waals surface area contributed by atoms with Crippen molar-refractivity contribution in [2.45, 2.75) is 38.0 Å². The molecule has 1 aromatic heterocycles. The summed E-state index contributed by atoms with van der Waals surface area (Å²) in [5, 5.41) is 2.34. The summed E-state index contributed by atoms with van der Waals surface area (Å²) in [7, 11) is 0. The molecule has 10 rings (SSSR count). The van der Waals surface area contributed by atoms with E-state index in [1.165, 1.54) is 61.6 Å². The molecule has 0 bridgehead atoms. The molecule has 0 saturated heterocycles. The van der Waals surface area contributed by atoms with E-state index in [1.54, 1.807) is 0 Å². The fourth-order valence-electron chi connectivity index (χ4n) is 9.30. The fraction of sp³-hybridized carbons (Fsp3) is 0.125. The second-order valence-corrected chi connectivity index (χ2v) is 14.1. The van der Waals surface area contributed by atoms with Gasteiger partial charge in [-0.15, -0.1) is 0 Å². The van der Waals surface area contributed by atoms with E-state index in [9.17, 15) is 0 Å². The number of hydrogen-bond donors (Lipinski definition) is 0. The Bertz CT molecular complexity index is 2510. The third-order valence-electron chi connectivity index (χ3n) is 11.4. The van der Waals surface area contributed by atoms with E-state index in [1.807, 2.05) is 6.07 Å². The van der Waals surface area contributed by atoms with E-state index in [0.29, 0.717) is 0 Å². The Labute approximate surface area is 299 Å². The lowest BCUT2D eigenvalue weighted by atomic mass is 9.74. The van der Waals surface area contributed by atoms with Crippen molar-refractivity contribution in [1.82, 2.24) is 0 Å². The molecular weight excluding hydrogens is 621 g/mol. The van der Waals surface area contributed by atoms with Crippen molar-refractivity contribution in [2.24, 2.45) is 0 Å². The van der Waals surface area contributed by atoms with Crippen molar-refractivity contribution in [2.75, 3.05) is 9.80 Å². The third-order valence-corrected chi connectivity index (χ3v) is 11.4. The largest absolute Gasteiger partial charge is 0.456 e. The highest BCUT2D eigenvalue weighted by Gasteiger charge is 2.49. The molecule has 0 N–H and O–H groups in total. The SMILES string of the molecule is Cc1c(N(c2ccccc2)c2cccc3c2[C@]2(CCc4cccc(N(c5ccccc5)c5ccccc5)c42)CC3)ccc2oc3ccccc3c12. The average Bonchev–Trinajstić information content (AvgIpc) is 3.89. The van der Waals surface area contributed by atoms with Crippen LogP contribution in [0.25, 0.3) is 21.9 Å². The van der Waals surface area contributed by atoms with Crippen molar-refractivity contribution in [3.05, 3.63) is 192 Å². The Morgan fingerprint density at radius 1 is 0.451 bits per heavy atom. The quantitative estimate of drug-likeness (QED) is 0.177. The van der Waals surface area contributed by atoms with Gasteiger partial charge < -0.3 is 14.2 Å². The Kier molecular flexibility index (Phi) is 6.89. The van der Waals surface area contributed by atoms with Gasteiger partial charge in [-0.25, -0.2) is 0 Å². The lowest BCUT2D eigenvalue weighted by Crippen LogP contribution is -2.27. The number of benzene rings is 7. The van der Waals surface area contributed by atoms with Crippen LogP contribution < -0.4 is 9.80 Å². The summed E-state index contributed by atoms with van der Waals surface area (Å²) in [6, 6.07) is 59.5. The second-order valence-electron chi connectivity index (χ2n) is 14.1. The summed E-state index contributed by atoms with van der Waals surface area (Å²) in [5.74, 6) is 0. The lowest BCUT2D eigenvalue weighted by molar-refractivity contribution is 0.508. The van der Waals surface area contributed by atoms with Crippen LogP contribution >= 0.6 is 0 Å². The summed E-state index contributed by atoms with van der Waals surface area (Å²) in [6.45, 7) is 2.26. The van der Waals surface area contributed by atoms with Crippen molar-refractivity contribution < 1.29 is 4.42 Å². The predicted molar refractivity (Wildman–Crippen MR) is 212 cm³/mol. The molecule has 0 aliphatic heterocycles. The summed E-state index contributed by atoms with van der Waals surface area (Å²) in [6.07, 6.45) is 4.30. The zero-order valence-corrected chi connectivity index (χ0v) is 28.7. The number of nitrogens with zero attached hydrogens (tertiary/aromatic N) is 2. The fourth-order valence-corrected chi connectivity index (χ4v) is 9.30. The molecule has 2 aliphatic carbocycles. The number of rotatable bonds is 6. The Morgan fingerprint density at radius 2 is 0.961 bits per heavy atom.